The first kappa shape index (κ1) is 17.1. The number of ketones is 1. The molecule has 0 aliphatic heterocycles. The summed E-state index contributed by atoms with van der Waals surface area (Å²) in [4.78, 5) is 11.2. The lowest BCUT2D eigenvalue weighted by Gasteiger charge is -2.23. The summed E-state index contributed by atoms with van der Waals surface area (Å²) >= 11 is 0. The molecule has 1 aromatic rings. The maximum absolute atomic E-state index is 14.1. The standard InChI is InChI=1S/C15H16F2N2O3S/c1-10(20)15(17)8-7-12(11(16)9-15)18-13-5-3-4-6-14(13)19-23(2,21)22/h3-8,18-19H,9H2,1-2H3. The van der Waals surface area contributed by atoms with E-state index in [1.54, 1.807) is 18.2 Å². The van der Waals surface area contributed by atoms with Crippen molar-refractivity contribution in [3.05, 3.63) is 47.9 Å². The number of nitrogens with one attached hydrogen (secondary N) is 2. The van der Waals surface area contributed by atoms with Crippen molar-refractivity contribution < 1.29 is 22.0 Å². The van der Waals surface area contributed by atoms with Gasteiger partial charge in [-0.05, 0) is 31.2 Å². The highest BCUT2D eigenvalue weighted by molar-refractivity contribution is 7.92. The first-order valence-electron chi connectivity index (χ1n) is 6.72. The lowest BCUT2D eigenvalue weighted by atomic mass is 9.91. The molecule has 0 fully saturated rings. The number of hydrogen-bond donors (Lipinski definition) is 2. The summed E-state index contributed by atoms with van der Waals surface area (Å²) in [6, 6.07) is 6.30. The maximum Gasteiger partial charge on any atom is 0.229 e. The number of anilines is 2. The van der Waals surface area contributed by atoms with E-state index in [1.807, 2.05) is 0 Å². The van der Waals surface area contributed by atoms with E-state index in [4.69, 9.17) is 0 Å². The van der Waals surface area contributed by atoms with Crippen LogP contribution >= 0.6 is 0 Å². The summed E-state index contributed by atoms with van der Waals surface area (Å²) in [5.74, 6) is -1.60. The van der Waals surface area contributed by atoms with Crippen molar-refractivity contribution in [1.82, 2.24) is 0 Å². The van der Waals surface area contributed by atoms with Crippen molar-refractivity contribution in [2.75, 3.05) is 16.3 Å². The third-order valence-electron chi connectivity index (χ3n) is 3.30. The Bertz CT molecular complexity index is 803. The minimum absolute atomic E-state index is 0.0257. The molecule has 8 heteroatoms. The molecular weight excluding hydrogens is 326 g/mol. The molecule has 5 nitrogen and oxygen atoms in total. The van der Waals surface area contributed by atoms with Crippen LogP contribution in [0.25, 0.3) is 0 Å². The molecule has 1 aromatic carbocycles. The van der Waals surface area contributed by atoms with Gasteiger partial charge in [0.15, 0.2) is 11.5 Å². The molecular formula is C15H16F2N2O3S. The molecule has 1 aliphatic carbocycles. The number of carbonyl (C=O) groups excluding carboxylic acids is 1. The Morgan fingerprint density at radius 3 is 2.39 bits per heavy atom. The lowest BCUT2D eigenvalue weighted by molar-refractivity contribution is -0.125. The number of alkyl halides is 1. The summed E-state index contributed by atoms with van der Waals surface area (Å²) < 4.78 is 53.2. The van der Waals surface area contributed by atoms with Gasteiger partial charge in [-0.2, -0.15) is 0 Å². The fourth-order valence-corrected chi connectivity index (χ4v) is 2.64. The third-order valence-corrected chi connectivity index (χ3v) is 3.89. The summed E-state index contributed by atoms with van der Waals surface area (Å²) in [7, 11) is -3.51. The van der Waals surface area contributed by atoms with Gasteiger partial charge in [0.2, 0.25) is 10.0 Å². The second-order valence-electron chi connectivity index (χ2n) is 5.29. The van der Waals surface area contributed by atoms with Crippen molar-refractivity contribution in [1.29, 1.82) is 0 Å². The number of sulfonamides is 1. The molecule has 124 valence electrons. The van der Waals surface area contributed by atoms with Crippen LogP contribution in [0.15, 0.2) is 47.9 Å². The van der Waals surface area contributed by atoms with Gasteiger partial charge < -0.3 is 5.32 Å². The normalized spacial score (nSPS) is 21.2. The van der Waals surface area contributed by atoms with Crippen LogP contribution in [0.1, 0.15) is 13.3 Å². The van der Waals surface area contributed by atoms with Crippen molar-refractivity contribution in [2.24, 2.45) is 0 Å². The van der Waals surface area contributed by atoms with Crippen LogP contribution in [0.3, 0.4) is 0 Å². The highest BCUT2D eigenvalue weighted by Gasteiger charge is 2.37. The summed E-state index contributed by atoms with van der Waals surface area (Å²) in [6.07, 6.45) is 2.43. The number of Topliss-reactive ketones (excluding diaryl/α,β-unsaturated/α-hetero) is 1. The molecule has 1 aliphatic rings. The summed E-state index contributed by atoms with van der Waals surface area (Å²) in [5.41, 5.74) is -1.84. The molecule has 1 unspecified atom stereocenters. The molecule has 2 rings (SSSR count). The predicted octanol–water partition coefficient (Wildman–Crippen LogP) is 2.91. The molecule has 0 saturated carbocycles. The van der Waals surface area contributed by atoms with E-state index in [0.717, 1.165) is 25.3 Å². The van der Waals surface area contributed by atoms with E-state index in [2.05, 4.69) is 10.0 Å². The number of halogens is 2. The first-order valence-corrected chi connectivity index (χ1v) is 8.61. The molecule has 2 N–H and O–H groups in total. The molecule has 1 atom stereocenters. The summed E-state index contributed by atoms with van der Waals surface area (Å²) in [6.45, 7) is 1.06. The van der Waals surface area contributed by atoms with E-state index in [0.29, 0.717) is 5.69 Å². The largest absolute Gasteiger partial charge is 0.352 e. The van der Waals surface area contributed by atoms with Gasteiger partial charge in [-0.15, -0.1) is 0 Å². The zero-order valence-corrected chi connectivity index (χ0v) is 13.4. The van der Waals surface area contributed by atoms with Gasteiger partial charge in [-0.1, -0.05) is 12.1 Å². The minimum Gasteiger partial charge on any atom is -0.352 e. The van der Waals surface area contributed by atoms with Crippen molar-refractivity contribution in [3.8, 4) is 0 Å². The highest BCUT2D eigenvalue weighted by atomic mass is 32.2. The second-order valence-corrected chi connectivity index (χ2v) is 7.04. The van der Waals surface area contributed by atoms with Crippen LogP contribution in [0.4, 0.5) is 20.2 Å². The molecule has 0 heterocycles. The van der Waals surface area contributed by atoms with E-state index >= 15 is 0 Å². The number of hydrogen-bond acceptors (Lipinski definition) is 4. The Kier molecular flexibility index (Phi) is 4.56. The molecule has 0 amide bonds. The Morgan fingerprint density at radius 2 is 1.87 bits per heavy atom. The summed E-state index contributed by atoms with van der Waals surface area (Å²) in [5, 5.41) is 2.71. The lowest BCUT2D eigenvalue weighted by Crippen LogP contribution is -2.32. The van der Waals surface area contributed by atoms with Crippen LogP contribution in [-0.2, 0) is 14.8 Å². The fraction of sp³-hybridized carbons (Fsp3) is 0.267. The van der Waals surface area contributed by atoms with Crippen LogP contribution in [0.5, 0.6) is 0 Å². The molecule has 0 spiro atoms. The first-order chi connectivity index (χ1) is 10.6. The van der Waals surface area contributed by atoms with Gasteiger partial charge in [0, 0.05) is 6.42 Å². The van der Waals surface area contributed by atoms with E-state index in [-0.39, 0.29) is 11.4 Å². The van der Waals surface area contributed by atoms with Gasteiger partial charge in [0.1, 0.15) is 5.83 Å². The smallest absolute Gasteiger partial charge is 0.229 e. The topological polar surface area (TPSA) is 75.3 Å². The van der Waals surface area contributed by atoms with E-state index in [1.165, 1.54) is 6.07 Å². The van der Waals surface area contributed by atoms with Gasteiger partial charge in [-0.25, -0.2) is 17.2 Å². The molecule has 0 radical (unpaired) electrons. The zero-order chi connectivity index (χ0) is 17.3. The van der Waals surface area contributed by atoms with Gasteiger partial charge in [0.05, 0.1) is 23.3 Å². The third kappa shape index (κ3) is 4.16. The average molecular weight is 342 g/mol. The van der Waals surface area contributed by atoms with E-state index in [9.17, 15) is 22.0 Å². The number of rotatable bonds is 5. The van der Waals surface area contributed by atoms with Crippen molar-refractivity contribution in [2.45, 2.75) is 19.0 Å². The molecule has 0 bridgehead atoms. The van der Waals surface area contributed by atoms with Crippen molar-refractivity contribution in [3.63, 3.8) is 0 Å². The Labute approximate surface area is 133 Å². The second kappa shape index (κ2) is 6.11. The maximum atomic E-state index is 14.1. The van der Waals surface area contributed by atoms with Gasteiger partial charge in [0.25, 0.3) is 0 Å². The number of para-hydroxylation sites is 2. The van der Waals surface area contributed by atoms with Gasteiger partial charge in [-0.3, -0.25) is 9.52 Å². The Balaban J connectivity index is 2.28. The zero-order valence-electron chi connectivity index (χ0n) is 12.6. The van der Waals surface area contributed by atoms with Crippen LogP contribution < -0.4 is 10.0 Å². The quantitative estimate of drug-likeness (QED) is 0.863. The molecule has 0 saturated heterocycles. The van der Waals surface area contributed by atoms with Gasteiger partial charge >= 0.3 is 0 Å². The SMILES string of the molecule is CC(=O)C1(F)C=CC(Nc2ccccc2NS(C)(=O)=O)=C(F)C1. The molecule has 0 aromatic heterocycles. The van der Waals surface area contributed by atoms with Crippen molar-refractivity contribution >= 4 is 27.2 Å². The van der Waals surface area contributed by atoms with E-state index < -0.39 is 33.7 Å². The molecule has 23 heavy (non-hydrogen) atoms. The number of benzene rings is 1. The minimum atomic E-state index is -3.51. The van der Waals surface area contributed by atoms with Crippen LogP contribution in [0.2, 0.25) is 0 Å². The Morgan fingerprint density at radius 1 is 1.26 bits per heavy atom. The van der Waals surface area contributed by atoms with Crippen LogP contribution in [-0.4, -0.2) is 26.1 Å². The fourth-order valence-electron chi connectivity index (χ4n) is 2.06. The van der Waals surface area contributed by atoms with Crippen LogP contribution in [0, 0.1) is 0 Å². The Hall–Kier alpha value is -2.22. The monoisotopic (exact) mass is 342 g/mol. The average Bonchev–Trinajstić information content (AvgIpc) is 2.42. The number of carbonyl (C=O) groups is 1. The highest BCUT2D eigenvalue weighted by Crippen LogP contribution is 2.33. The number of allylic oxidation sites excluding steroid dienone is 3. The predicted molar refractivity (Wildman–Crippen MR) is 84.9 cm³/mol.